The van der Waals surface area contributed by atoms with Crippen LogP contribution in [0.2, 0.25) is 0 Å². The number of amides is 1. The number of rotatable bonds is 7. The molecule has 0 bridgehead atoms. The van der Waals surface area contributed by atoms with Crippen molar-refractivity contribution in [2.75, 3.05) is 17.2 Å². The first-order chi connectivity index (χ1) is 15.0. The van der Waals surface area contributed by atoms with E-state index in [1.807, 2.05) is 6.07 Å². The molecule has 1 aromatic carbocycles. The van der Waals surface area contributed by atoms with Crippen molar-refractivity contribution in [1.82, 2.24) is 0 Å². The Bertz CT molecular complexity index is 1060. The summed E-state index contributed by atoms with van der Waals surface area (Å²) in [5, 5.41) is 9.51. The molecule has 0 radical (unpaired) electrons. The SMILES string of the molecule is CCOC(=O)c1ccc(NC(=O)c2c(NCc3cccs3)sc3c2CC[C@@H](C)C3)cc1. The highest BCUT2D eigenvalue weighted by molar-refractivity contribution is 7.16. The van der Waals surface area contributed by atoms with Gasteiger partial charge in [0.25, 0.3) is 5.91 Å². The zero-order valence-electron chi connectivity index (χ0n) is 17.7. The van der Waals surface area contributed by atoms with Crippen LogP contribution in [0.5, 0.6) is 0 Å². The summed E-state index contributed by atoms with van der Waals surface area (Å²) in [6, 6.07) is 11.0. The van der Waals surface area contributed by atoms with E-state index in [1.165, 1.54) is 15.3 Å². The van der Waals surface area contributed by atoms with Crippen molar-refractivity contribution in [1.29, 1.82) is 0 Å². The number of ether oxygens (including phenoxy) is 1. The molecule has 5 nitrogen and oxygen atoms in total. The van der Waals surface area contributed by atoms with E-state index in [2.05, 4.69) is 29.0 Å². The second-order valence-corrected chi connectivity index (χ2v) is 9.88. The first-order valence-corrected chi connectivity index (χ1v) is 12.2. The molecular weight excluding hydrogens is 428 g/mol. The molecule has 3 aromatic rings. The predicted molar refractivity (Wildman–Crippen MR) is 128 cm³/mol. The fourth-order valence-electron chi connectivity index (χ4n) is 3.79. The molecule has 0 spiro atoms. The van der Waals surface area contributed by atoms with Crippen molar-refractivity contribution >= 4 is 45.2 Å². The fraction of sp³-hybridized carbons (Fsp3) is 0.333. The maximum atomic E-state index is 13.3. The topological polar surface area (TPSA) is 67.4 Å². The van der Waals surface area contributed by atoms with Crippen LogP contribution in [0.15, 0.2) is 41.8 Å². The summed E-state index contributed by atoms with van der Waals surface area (Å²) in [6.45, 7) is 5.09. The second kappa shape index (κ2) is 9.66. The molecule has 1 aliphatic carbocycles. The molecule has 0 saturated heterocycles. The zero-order valence-corrected chi connectivity index (χ0v) is 19.3. The van der Waals surface area contributed by atoms with Crippen molar-refractivity contribution in [3.8, 4) is 0 Å². The highest BCUT2D eigenvalue weighted by atomic mass is 32.1. The first-order valence-electron chi connectivity index (χ1n) is 10.5. The van der Waals surface area contributed by atoms with Gasteiger partial charge in [0.05, 0.1) is 24.3 Å². The number of hydrogen-bond donors (Lipinski definition) is 2. The van der Waals surface area contributed by atoms with Gasteiger partial charge in [0, 0.05) is 15.4 Å². The zero-order chi connectivity index (χ0) is 21.8. The number of nitrogens with one attached hydrogen (secondary N) is 2. The molecule has 1 atom stereocenters. The van der Waals surface area contributed by atoms with Crippen LogP contribution < -0.4 is 10.6 Å². The number of benzene rings is 1. The van der Waals surface area contributed by atoms with E-state index >= 15 is 0 Å². The van der Waals surface area contributed by atoms with Gasteiger partial charge in [0.15, 0.2) is 0 Å². The quantitative estimate of drug-likeness (QED) is 0.431. The molecule has 0 fully saturated rings. The molecule has 1 aliphatic rings. The number of thiophene rings is 2. The Morgan fingerprint density at radius 2 is 2.00 bits per heavy atom. The Kier molecular flexibility index (Phi) is 6.73. The van der Waals surface area contributed by atoms with Gasteiger partial charge in [0.1, 0.15) is 5.00 Å². The summed E-state index contributed by atoms with van der Waals surface area (Å²) < 4.78 is 5.02. The van der Waals surface area contributed by atoms with Crippen LogP contribution in [0.3, 0.4) is 0 Å². The molecule has 1 amide bonds. The average molecular weight is 455 g/mol. The number of carbonyl (C=O) groups excluding carboxylic acids is 2. The standard InChI is InChI=1S/C24H26N2O3S2/c1-3-29-24(28)16-7-9-17(10-8-16)26-22(27)21-19-11-6-15(2)13-20(19)31-23(21)25-14-18-5-4-12-30-18/h4-5,7-10,12,15,25H,3,6,11,13-14H2,1-2H3,(H,26,27)/t15-/m1/s1. The Morgan fingerprint density at radius 3 is 2.71 bits per heavy atom. The molecule has 2 N–H and O–H groups in total. The molecule has 0 saturated carbocycles. The lowest BCUT2D eigenvalue weighted by Gasteiger charge is -2.18. The summed E-state index contributed by atoms with van der Waals surface area (Å²) in [5.74, 6) is 0.175. The fourth-order valence-corrected chi connectivity index (χ4v) is 5.84. The molecule has 7 heteroatoms. The Morgan fingerprint density at radius 1 is 1.19 bits per heavy atom. The lowest BCUT2D eigenvalue weighted by Crippen LogP contribution is -2.18. The summed E-state index contributed by atoms with van der Waals surface area (Å²) in [5.41, 5.74) is 3.07. The van der Waals surface area contributed by atoms with Crippen LogP contribution in [0.1, 0.15) is 56.3 Å². The normalized spacial score (nSPS) is 15.2. The summed E-state index contributed by atoms with van der Waals surface area (Å²) >= 11 is 3.41. The van der Waals surface area contributed by atoms with E-state index in [0.29, 0.717) is 30.3 Å². The smallest absolute Gasteiger partial charge is 0.338 e. The van der Waals surface area contributed by atoms with Gasteiger partial charge in [0.2, 0.25) is 0 Å². The Balaban J connectivity index is 1.55. The third kappa shape index (κ3) is 4.99. The van der Waals surface area contributed by atoms with E-state index in [-0.39, 0.29) is 11.9 Å². The number of esters is 1. The molecule has 31 heavy (non-hydrogen) atoms. The maximum Gasteiger partial charge on any atom is 0.338 e. The first kappa shape index (κ1) is 21.6. The molecule has 2 aromatic heterocycles. The van der Waals surface area contributed by atoms with Crippen molar-refractivity contribution in [3.63, 3.8) is 0 Å². The highest BCUT2D eigenvalue weighted by Gasteiger charge is 2.27. The van der Waals surface area contributed by atoms with Crippen LogP contribution in [-0.2, 0) is 24.1 Å². The van der Waals surface area contributed by atoms with E-state index in [4.69, 9.17) is 4.74 Å². The van der Waals surface area contributed by atoms with Crippen molar-refractivity contribution in [2.24, 2.45) is 5.92 Å². The van der Waals surface area contributed by atoms with Gasteiger partial charge < -0.3 is 15.4 Å². The van der Waals surface area contributed by atoms with Crippen LogP contribution in [-0.4, -0.2) is 18.5 Å². The molecule has 0 aliphatic heterocycles. The van der Waals surface area contributed by atoms with E-state index in [9.17, 15) is 9.59 Å². The maximum absolute atomic E-state index is 13.3. The van der Waals surface area contributed by atoms with E-state index in [1.54, 1.807) is 53.9 Å². The molecule has 162 valence electrons. The van der Waals surface area contributed by atoms with Gasteiger partial charge in [-0.2, -0.15) is 0 Å². The van der Waals surface area contributed by atoms with Gasteiger partial charge in [-0.3, -0.25) is 4.79 Å². The molecule has 0 unspecified atom stereocenters. The van der Waals surface area contributed by atoms with Gasteiger partial charge in [-0.25, -0.2) is 4.79 Å². The number of fused-ring (bicyclic) bond motifs is 1. The average Bonchev–Trinajstić information content (AvgIpc) is 3.40. The Hall–Kier alpha value is -2.64. The van der Waals surface area contributed by atoms with Crippen LogP contribution in [0.25, 0.3) is 0 Å². The van der Waals surface area contributed by atoms with Crippen LogP contribution in [0.4, 0.5) is 10.7 Å². The van der Waals surface area contributed by atoms with Crippen LogP contribution >= 0.6 is 22.7 Å². The number of hydrogen-bond acceptors (Lipinski definition) is 6. The number of anilines is 2. The van der Waals surface area contributed by atoms with Crippen LogP contribution in [0, 0.1) is 5.92 Å². The summed E-state index contributed by atoms with van der Waals surface area (Å²) in [4.78, 5) is 27.7. The van der Waals surface area contributed by atoms with Crippen molar-refractivity contribution in [3.05, 3.63) is 68.2 Å². The van der Waals surface area contributed by atoms with E-state index < -0.39 is 0 Å². The molecule has 2 heterocycles. The van der Waals surface area contributed by atoms with Crippen molar-refractivity contribution in [2.45, 2.75) is 39.7 Å². The largest absolute Gasteiger partial charge is 0.462 e. The molecule has 4 rings (SSSR count). The van der Waals surface area contributed by atoms with Gasteiger partial charge in [-0.15, -0.1) is 22.7 Å². The second-order valence-electron chi connectivity index (χ2n) is 7.74. The lowest BCUT2D eigenvalue weighted by atomic mass is 9.88. The third-order valence-corrected chi connectivity index (χ3v) is 7.48. The molecular formula is C24H26N2O3S2. The monoisotopic (exact) mass is 454 g/mol. The predicted octanol–water partition coefficient (Wildman–Crippen LogP) is 5.98. The minimum Gasteiger partial charge on any atom is -0.462 e. The van der Waals surface area contributed by atoms with Crippen molar-refractivity contribution < 1.29 is 14.3 Å². The highest BCUT2D eigenvalue weighted by Crippen LogP contribution is 2.40. The van der Waals surface area contributed by atoms with Gasteiger partial charge in [-0.1, -0.05) is 13.0 Å². The third-order valence-electron chi connectivity index (χ3n) is 5.40. The summed E-state index contributed by atoms with van der Waals surface area (Å²) in [6.07, 6.45) is 3.05. The summed E-state index contributed by atoms with van der Waals surface area (Å²) in [7, 11) is 0. The lowest BCUT2D eigenvalue weighted by molar-refractivity contribution is 0.0526. The van der Waals surface area contributed by atoms with Gasteiger partial charge in [-0.05, 0) is 73.4 Å². The minimum atomic E-state index is -0.360. The van der Waals surface area contributed by atoms with E-state index in [0.717, 1.165) is 29.8 Å². The Labute approximate surface area is 190 Å². The van der Waals surface area contributed by atoms with Gasteiger partial charge >= 0.3 is 5.97 Å². The number of carbonyl (C=O) groups is 2. The minimum absolute atomic E-state index is 0.107.